The number of carbonyl (C=O) groups is 2. The molecule has 0 saturated heterocycles. The maximum Gasteiger partial charge on any atom is 0.338 e. The van der Waals surface area contributed by atoms with Crippen LogP contribution >= 0.6 is 0 Å². The first-order valence-electron chi connectivity index (χ1n) is 8.46. The summed E-state index contributed by atoms with van der Waals surface area (Å²) in [6.07, 6.45) is 1.08. The summed E-state index contributed by atoms with van der Waals surface area (Å²) in [4.78, 5) is 24.4. The number of esters is 1. The van der Waals surface area contributed by atoms with Crippen molar-refractivity contribution >= 4 is 27.4 Å². The summed E-state index contributed by atoms with van der Waals surface area (Å²) in [5, 5.41) is 2.80. The lowest BCUT2D eigenvalue weighted by Crippen LogP contribution is -2.22. The largest absolute Gasteiger partial charge is 0.452 e. The molecule has 2 aromatic rings. The molecule has 0 heterocycles. The first-order chi connectivity index (χ1) is 12.6. The van der Waals surface area contributed by atoms with E-state index in [1.165, 1.54) is 24.3 Å². The smallest absolute Gasteiger partial charge is 0.338 e. The molecule has 0 atom stereocenters. The van der Waals surface area contributed by atoms with Crippen LogP contribution in [0.15, 0.2) is 47.4 Å². The Morgan fingerprint density at radius 2 is 1.70 bits per heavy atom. The number of hydrogen-bond acceptors (Lipinski definition) is 5. The van der Waals surface area contributed by atoms with Gasteiger partial charge in [0.1, 0.15) is 0 Å². The molecule has 6 nitrogen and oxygen atoms in total. The van der Waals surface area contributed by atoms with Crippen molar-refractivity contribution in [1.29, 1.82) is 0 Å². The number of ether oxygens (including phenoxy) is 1. The Morgan fingerprint density at radius 3 is 2.26 bits per heavy atom. The zero-order valence-electron chi connectivity index (χ0n) is 15.8. The van der Waals surface area contributed by atoms with E-state index in [2.05, 4.69) is 5.32 Å². The molecule has 2 aromatic carbocycles. The van der Waals surface area contributed by atoms with E-state index in [9.17, 15) is 18.0 Å². The Morgan fingerprint density at radius 1 is 1.07 bits per heavy atom. The van der Waals surface area contributed by atoms with Crippen molar-refractivity contribution in [3.63, 3.8) is 0 Å². The molecule has 7 heteroatoms. The van der Waals surface area contributed by atoms with Crippen molar-refractivity contribution < 1.29 is 22.7 Å². The van der Waals surface area contributed by atoms with Gasteiger partial charge in [0, 0.05) is 11.9 Å². The van der Waals surface area contributed by atoms with E-state index in [0.717, 1.165) is 23.1 Å². The minimum absolute atomic E-state index is 0.109. The molecule has 1 amide bonds. The van der Waals surface area contributed by atoms with Gasteiger partial charge in [-0.1, -0.05) is 32.0 Å². The van der Waals surface area contributed by atoms with E-state index < -0.39 is 28.3 Å². The fourth-order valence-corrected chi connectivity index (χ4v) is 3.20. The maximum absolute atomic E-state index is 12.2. The Hall–Kier alpha value is -2.67. The average Bonchev–Trinajstić information content (AvgIpc) is 2.60. The second-order valence-corrected chi connectivity index (χ2v) is 8.63. The molecule has 0 aliphatic carbocycles. The molecule has 27 heavy (non-hydrogen) atoms. The average molecular weight is 389 g/mol. The molecule has 0 bridgehead atoms. The number of anilines is 1. The van der Waals surface area contributed by atoms with Gasteiger partial charge in [-0.05, 0) is 48.2 Å². The molecule has 0 saturated carbocycles. The SMILES string of the molecule is Cc1cccc(C(C)C)c1NC(=O)COC(=O)c1ccc(S(C)(=O)=O)cc1. The number of nitrogens with one attached hydrogen (secondary N) is 1. The summed E-state index contributed by atoms with van der Waals surface area (Å²) >= 11 is 0. The van der Waals surface area contributed by atoms with Gasteiger partial charge in [-0.3, -0.25) is 4.79 Å². The second-order valence-electron chi connectivity index (χ2n) is 6.61. The molecular formula is C20H23NO5S. The third kappa shape index (κ3) is 5.40. The number of aryl methyl sites for hydroxylation is 1. The highest BCUT2D eigenvalue weighted by Gasteiger charge is 2.15. The van der Waals surface area contributed by atoms with Gasteiger partial charge >= 0.3 is 5.97 Å². The third-order valence-corrected chi connectivity index (χ3v) is 5.17. The first kappa shape index (κ1) is 20.6. The quantitative estimate of drug-likeness (QED) is 0.766. The van der Waals surface area contributed by atoms with Crippen molar-refractivity contribution in [2.45, 2.75) is 31.6 Å². The van der Waals surface area contributed by atoms with Crippen molar-refractivity contribution in [1.82, 2.24) is 0 Å². The molecule has 0 spiro atoms. The Kier molecular flexibility index (Phi) is 6.38. The first-order valence-corrected chi connectivity index (χ1v) is 10.4. The Balaban J connectivity index is 2.01. The highest BCUT2D eigenvalue weighted by atomic mass is 32.2. The molecule has 144 valence electrons. The number of benzene rings is 2. The van der Waals surface area contributed by atoms with Gasteiger partial charge in [-0.25, -0.2) is 13.2 Å². The van der Waals surface area contributed by atoms with E-state index in [1.54, 1.807) is 0 Å². The molecular weight excluding hydrogens is 366 g/mol. The predicted octanol–water partition coefficient (Wildman–Crippen LogP) is 3.32. The lowest BCUT2D eigenvalue weighted by Gasteiger charge is -2.16. The summed E-state index contributed by atoms with van der Waals surface area (Å²) in [6, 6.07) is 11.1. The number of para-hydroxylation sites is 1. The second kappa shape index (κ2) is 8.35. The van der Waals surface area contributed by atoms with Gasteiger partial charge in [-0.2, -0.15) is 0 Å². The molecule has 1 N–H and O–H groups in total. The number of amides is 1. The van der Waals surface area contributed by atoms with Gasteiger partial charge in [0.2, 0.25) is 0 Å². The number of hydrogen-bond donors (Lipinski definition) is 1. The van der Waals surface area contributed by atoms with Gasteiger partial charge in [0.25, 0.3) is 5.91 Å². The molecule has 0 fully saturated rings. The van der Waals surface area contributed by atoms with Crippen LogP contribution in [0.25, 0.3) is 0 Å². The van der Waals surface area contributed by atoms with Crippen molar-refractivity contribution in [3.8, 4) is 0 Å². The van der Waals surface area contributed by atoms with Gasteiger partial charge in [0.05, 0.1) is 10.5 Å². The lowest BCUT2D eigenvalue weighted by molar-refractivity contribution is -0.119. The number of carbonyl (C=O) groups excluding carboxylic acids is 2. The van der Waals surface area contributed by atoms with Crippen molar-refractivity contribution in [2.24, 2.45) is 0 Å². The molecule has 0 aliphatic heterocycles. The fourth-order valence-electron chi connectivity index (χ4n) is 2.57. The minimum atomic E-state index is -3.34. The molecule has 0 unspecified atom stereocenters. The van der Waals surface area contributed by atoms with E-state index in [-0.39, 0.29) is 16.4 Å². The van der Waals surface area contributed by atoms with E-state index in [1.807, 2.05) is 39.0 Å². The van der Waals surface area contributed by atoms with Crippen LogP contribution in [0.5, 0.6) is 0 Å². The Bertz CT molecular complexity index is 947. The van der Waals surface area contributed by atoms with Crippen LogP contribution in [0.1, 0.15) is 41.3 Å². The normalized spacial score (nSPS) is 11.3. The molecule has 2 rings (SSSR count). The van der Waals surface area contributed by atoms with E-state index in [0.29, 0.717) is 0 Å². The fraction of sp³-hybridized carbons (Fsp3) is 0.300. The number of rotatable bonds is 6. The van der Waals surface area contributed by atoms with Crippen LogP contribution in [-0.4, -0.2) is 33.2 Å². The van der Waals surface area contributed by atoms with Crippen LogP contribution < -0.4 is 5.32 Å². The van der Waals surface area contributed by atoms with Crippen molar-refractivity contribution in [2.75, 3.05) is 18.2 Å². The summed E-state index contributed by atoms with van der Waals surface area (Å²) < 4.78 is 27.9. The van der Waals surface area contributed by atoms with Crippen molar-refractivity contribution in [3.05, 3.63) is 59.2 Å². The highest BCUT2D eigenvalue weighted by Crippen LogP contribution is 2.27. The van der Waals surface area contributed by atoms with Crippen LogP contribution in [-0.2, 0) is 19.4 Å². The number of sulfone groups is 1. The van der Waals surface area contributed by atoms with Crippen LogP contribution in [0.4, 0.5) is 5.69 Å². The molecule has 0 aromatic heterocycles. The van der Waals surface area contributed by atoms with E-state index in [4.69, 9.17) is 4.74 Å². The maximum atomic E-state index is 12.2. The van der Waals surface area contributed by atoms with Gasteiger partial charge in [0.15, 0.2) is 16.4 Å². The summed E-state index contributed by atoms with van der Waals surface area (Å²) in [6.45, 7) is 5.53. The van der Waals surface area contributed by atoms with Crippen LogP contribution in [0.3, 0.4) is 0 Å². The third-order valence-electron chi connectivity index (χ3n) is 4.04. The minimum Gasteiger partial charge on any atom is -0.452 e. The lowest BCUT2D eigenvalue weighted by atomic mass is 9.98. The summed E-state index contributed by atoms with van der Waals surface area (Å²) in [7, 11) is -3.34. The van der Waals surface area contributed by atoms with Crippen LogP contribution in [0, 0.1) is 6.92 Å². The Labute approximate surface area is 159 Å². The summed E-state index contributed by atoms with van der Waals surface area (Å²) in [5.41, 5.74) is 2.84. The standard InChI is InChI=1S/C20H23NO5S/c1-13(2)17-7-5-6-14(3)19(17)21-18(22)12-26-20(23)15-8-10-16(11-9-15)27(4,24)25/h5-11,13H,12H2,1-4H3,(H,21,22). The van der Waals surface area contributed by atoms with E-state index >= 15 is 0 Å². The van der Waals surface area contributed by atoms with Gasteiger partial charge in [-0.15, -0.1) is 0 Å². The predicted molar refractivity (Wildman–Crippen MR) is 104 cm³/mol. The highest BCUT2D eigenvalue weighted by molar-refractivity contribution is 7.90. The molecule has 0 radical (unpaired) electrons. The van der Waals surface area contributed by atoms with Crippen LogP contribution in [0.2, 0.25) is 0 Å². The topological polar surface area (TPSA) is 89.5 Å². The zero-order valence-corrected chi connectivity index (χ0v) is 16.6. The van der Waals surface area contributed by atoms with Gasteiger partial charge < -0.3 is 10.1 Å². The molecule has 0 aliphatic rings. The summed E-state index contributed by atoms with van der Waals surface area (Å²) in [5.74, 6) is -0.900. The monoisotopic (exact) mass is 389 g/mol. The zero-order chi connectivity index (χ0) is 20.2.